The Morgan fingerprint density at radius 1 is 1.33 bits per heavy atom. The van der Waals surface area contributed by atoms with Gasteiger partial charge in [0.1, 0.15) is 0 Å². The average molecular weight is 289 g/mol. The van der Waals surface area contributed by atoms with Crippen molar-refractivity contribution in [2.45, 2.75) is 32.2 Å². The standard InChI is InChI=1S/C17H27N3O/c1-14(17(21)19-16-6-4-3-5-7-16)20(2)13-10-15-8-11-18-12-9-15/h3-7,14-15,18H,8-13H2,1-2H3,(H,19,21). The van der Waals surface area contributed by atoms with Crippen molar-refractivity contribution < 1.29 is 4.79 Å². The SMILES string of the molecule is CC(C(=O)Nc1ccccc1)N(C)CCC1CCNCC1. The molecule has 1 heterocycles. The second-order valence-electron chi connectivity index (χ2n) is 5.99. The lowest BCUT2D eigenvalue weighted by atomic mass is 9.94. The van der Waals surface area contributed by atoms with Crippen LogP contribution in [0.5, 0.6) is 0 Å². The first-order valence-electron chi connectivity index (χ1n) is 7.93. The molecule has 21 heavy (non-hydrogen) atoms. The fourth-order valence-corrected chi connectivity index (χ4v) is 2.72. The number of rotatable bonds is 6. The van der Waals surface area contributed by atoms with Gasteiger partial charge in [-0.25, -0.2) is 0 Å². The van der Waals surface area contributed by atoms with Crippen LogP contribution < -0.4 is 10.6 Å². The summed E-state index contributed by atoms with van der Waals surface area (Å²) in [5.41, 5.74) is 0.862. The van der Waals surface area contributed by atoms with E-state index in [0.29, 0.717) is 0 Å². The normalized spacial score (nSPS) is 17.7. The van der Waals surface area contributed by atoms with Crippen molar-refractivity contribution in [2.75, 3.05) is 32.0 Å². The highest BCUT2D eigenvalue weighted by molar-refractivity contribution is 5.94. The number of likely N-dealkylation sites (N-methyl/N-ethyl adjacent to an activating group) is 1. The molecule has 2 rings (SSSR count). The summed E-state index contributed by atoms with van der Waals surface area (Å²) in [4.78, 5) is 14.4. The number of benzene rings is 1. The summed E-state index contributed by atoms with van der Waals surface area (Å²) in [7, 11) is 2.04. The molecule has 1 atom stereocenters. The van der Waals surface area contributed by atoms with E-state index in [9.17, 15) is 4.79 Å². The van der Waals surface area contributed by atoms with Gasteiger partial charge in [0.2, 0.25) is 5.91 Å². The molecule has 0 bridgehead atoms. The topological polar surface area (TPSA) is 44.4 Å². The van der Waals surface area contributed by atoms with Gasteiger partial charge < -0.3 is 10.6 Å². The number of carbonyl (C=O) groups excluding carboxylic acids is 1. The van der Waals surface area contributed by atoms with Gasteiger partial charge in [0.05, 0.1) is 6.04 Å². The number of para-hydroxylation sites is 1. The van der Waals surface area contributed by atoms with Crippen LogP contribution in [0, 0.1) is 5.92 Å². The fraction of sp³-hybridized carbons (Fsp3) is 0.588. The van der Waals surface area contributed by atoms with Gasteiger partial charge in [-0.1, -0.05) is 18.2 Å². The third-order valence-electron chi connectivity index (χ3n) is 4.43. The van der Waals surface area contributed by atoms with Gasteiger partial charge in [0.25, 0.3) is 0 Å². The van der Waals surface area contributed by atoms with Crippen molar-refractivity contribution in [2.24, 2.45) is 5.92 Å². The van der Waals surface area contributed by atoms with Crippen LogP contribution in [-0.4, -0.2) is 43.5 Å². The molecule has 0 radical (unpaired) electrons. The lowest BCUT2D eigenvalue weighted by molar-refractivity contribution is -0.120. The van der Waals surface area contributed by atoms with Crippen LogP contribution in [0.1, 0.15) is 26.2 Å². The summed E-state index contributed by atoms with van der Waals surface area (Å²) in [6.45, 7) is 5.23. The zero-order valence-electron chi connectivity index (χ0n) is 13.1. The quantitative estimate of drug-likeness (QED) is 0.845. The second-order valence-corrected chi connectivity index (χ2v) is 5.99. The van der Waals surface area contributed by atoms with E-state index in [1.807, 2.05) is 44.3 Å². The number of hydrogen-bond acceptors (Lipinski definition) is 3. The van der Waals surface area contributed by atoms with Crippen molar-refractivity contribution in [3.8, 4) is 0 Å². The monoisotopic (exact) mass is 289 g/mol. The molecule has 4 heteroatoms. The van der Waals surface area contributed by atoms with E-state index in [2.05, 4.69) is 15.5 Å². The molecule has 1 fully saturated rings. The number of piperidine rings is 1. The van der Waals surface area contributed by atoms with Gasteiger partial charge in [-0.2, -0.15) is 0 Å². The van der Waals surface area contributed by atoms with E-state index in [1.54, 1.807) is 0 Å². The molecular weight excluding hydrogens is 262 g/mol. The summed E-state index contributed by atoms with van der Waals surface area (Å²) in [5.74, 6) is 0.868. The summed E-state index contributed by atoms with van der Waals surface area (Å²) >= 11 is 0. The first-order valence-corrected chi connectivity index (χ1v) is 7.93. The van der Waals surface area contributed by atoms with E-state index in [4.69, 9.17) is 0 Å². The molecule has 116 valence electrons. The number of nitrogens with one attached hydrogen (secondary N) is 2. The van der Waals surface area contributed by atoms with E-state index in [-0.39, 0.29) is 11.9 Å². The Balaban J connectivity index is 1.75. The summed E-state index contributed by atoms with van der Waals surface area (Å²) < 4.78 is 0. The Morgan fingerprint density at radius 2 is 2.00 bits per heavy atom. The molecular formula is C17H27N3O. The molecule has 1 aliphatic rings. The smallest absolute Gasteiger partial charge is 0.241 e. The summed E-state index contributed by atoms with van der Waals surface area (Å²) in [6.07, 6.45) is 3.71. The van der Waals surface area contributed by atoms with Crippen molar-refractivity contribution >= 4 is 11.6 Å². The predicted molar refractivity (Wildman–Crippen MR) is 87.4 cm³/mol. The average Bonchev–Trinajstić information content (AvgIpc) is 2.53. The van der Waals surface area contributed by atoms with E-state index >= 15 is 0 Å². The number of carbonyl (C=O) groups is 1. The third-order valence-corrected chi connectivity index (χ3v) is 4.43. The number of hydrogen-bond donors (Lipinski definition) is 2. The second kappa shape index (κ2) is 8.15. The first kappa shape index (κ1) is 16.0. The molecule has 1 unspecified atom stereocenters. The molecule has 1 aromatic rings. The first-order chi connectivity index (χ1) is 10.2. The fourth-order valence-electron chi connectivity index (χ4n) is 2.72. The van der Waals surface area contributed by atoms with E-state index < -0.39 is 0 Å². The van der Waals surface area contributed by atoms with Gasteiger partial charge in [-0.15, -0.1) is 0 Å². The number of nitrogens with zero attached hydrogens (tertiary/aromatic N) is 1. The van der Waals surface area contributed by atoms with Gasteiger partial charge in [0, 0.05) is 5.69 Å². The van der Waals surface area contributed by atoms with E-state index in [0.717, 1.165) is 31.2 Å². The Kier molecular flexibility index (Phi) is 6.21. The highest BCUT2D eigenvalue weighted by atomic mass is 16.2. The molecule has 1 saturated heterocycles. The van der Waals surface area contributed by atoms with Crippen molar-refractivity contribution in [1.29, 1.82) is 0 Å². The van der Waals surface area contributed by atoms with Crippen LogP contribution in [0.3, 0.4) is 0 Å². The maximum atomic E-state index is 12.2. The molecule has 1 amide bonds. The third kappa shape index (κ3) is 5.14. The molecule has 2 N–H and O–H groups in total. The van der Waals surface area contributed by atoms with Crippen LogP contribution in [-0.2, 0) is 4.79 Å². The minimum atomic E-state index is -0.105. The van der Waals surface area contributed by atoms with Crippen LogP contribution in [0.25, 0.3) is 0 Å². The van der Waals surface area contributed by atoms with Gasteiger partial charge in [-0.3, -0.25) is 9.69 Å². The van der Waals surface area contributed by atoms with Crippen molar-refractivity contribution in [3.63, 3.8) is 0 Å². The van der Waals surface area contributed by atoms with Crippen LogP contribution >= 0.6 is 0 Å². The largest absolute Gasteiger partial charge is 0.325 e. The zero-order chi connectivity index (χ0) is 15.1. The number of amides is 1. The molecule has 0 saturated carbocycles. The summed E-state index contributed by atoms with van der Waals surface area (Å²) in [5, 5.41) is 6.36. The lowest BCUT2D eigenvalue weighted by Crippen LogP contribution is -2.41. The Bertz CT molecular complexity index is 429. The Hall–Kier alpha value is -1.39. The van der Waals surface area contributed by atoms with Crippen LogP contribution in [0.15, 0.2) is 30.3 Å². The molecule has 0 spiro atoms. The van der Waals surface area contributed by atoms with Crippen molar-refractivity contribution in [3.05, 3.63) is 30.3 Å². The van der Waals surface area contributed by atoms with Gasteiger partial charge in [0.15, 0.2) is 0 Å². The minimum Gasteiger partial charge on any atom is -0.325 e. The Labute approximate surface area is 127 Å². The van der Waals surface area contributed by atoms with Crippen molar-refractivity contribution in [1.82, 2.24) is 10.2 Å². The zero-order valence-corrected chi connectivity index (χ0v) is 13.1. The number of anilines is 1. The predicted octanol–water partition coefficient (Wildman–Crippen LogP) is 2.34. The van der Waals surface area contributed by atoms with Crippen LogP contribution in [0.4, 0.5) is 5.69 Å². The molecule has 0 aliphatic carbocycles. The molecule has 0 aromatic heterocycles. The highest BCUT2D eigenvalue weighted by Crippen LogP contribution is 2.17. The van der Waals surface area contributed by atoms with Gasteiger partial charge >= 0.3 is 0 Å². The van der Waals surface area contributed by atoms with E-state index in [1.165, 1.54) is 19.3 Å². The minimum absolute atomic E-state index is 0.0639. The molecule has 4 nitrogen and oxygen atoms in total. The maximum absolute atomic E-state index is 12.2. The van der Waals surface area contributed by atoms with Gasteiger partial charge in [-0.05, 0) is 70.9 Å². The molecule has 1 aromatic carbocycles. The highest BCUT2D eigenvalue weighted by Gasteiger charge is 2.20. The lowest BCUT2D eigenvalue weighted by Gasteiger charge is -2.28. The van der Waals surface area contributed by atoms with Crippen LogP contribution in [0.2, 0.25) is 0 Å². The molecule has 1 aliphatic heterocycles. The summed E-state index contributed by atoms with van der Waals surface area (Å²) in [6, 6.07) is 9.54. The Morgan fingerprint density at radius 3 is 2.67 bits per heavy atom. The maximum Gasteiger partial charge on any atom is 0.241 e.